The molecule has 1 aromatic heterocycles. The fourth-order valence-electron chi connectivity index (χ4n) is 1.51. The van der Waals surface area contributed by atoms with Gasteiger partial charge in [-0.1, -0.05) is 5.92 Å². The van der Waals surface area contributed by atoms with Crippen LogP contribution in [0.15, 0.2) is 0 Å². The second-order valence-electron chi connectivity index (χ2n) is 3.59. The third-order valence-corrected chi connectivity index (χ3v) is 2.39. The summed E-state index contributed by atoms with van der Waals surface area (Å²) in [6, 6.07) is 0. The predicted molar refractivity (Wildman–Crippen MR) is 65.1 cm³/mol. The van der Waals surface area contributed by atoms with Gasteiger partial charge in [0.05, 0.1) is 13.7 Å². The monoisotopic (exact) mass is 249 g/mol. The van der Waals surface area contributed by atoms with E-state index in [-0.39, 0.29) is 0 Å². The van der Waals surface area contributed by atoms with Crippen LogP contribution in [-0.4, -0.2) is 30.6 Å². The highest BCUT2D eigenvalue weighted by Gasteiger charge is 2.17. The van der Waals surface area contributed by atoms with Gasteiger partial charge in [0.2, 0.25) is 0 Å². The molecule has 96 valence electrons. The second kappa shape index (κ2) is 5.92. The number of rotatable bonds is 2. The van der Waals surface area contributed by atoms with Crippen molar-refractivity contribution < 1.29 is 19.1 Å². The van der Waals surface area contributed by atoms with Crippen LogP contribution in [0.4, 0.5) is 0 Å². The minimum absolute atomic E-state index is 0.305. The molecule has 5 heteroatoms. The standard InChI is InChI=1S/C13H15NO4/c1-5-18-13(16)12-8(2)10(9(3)14-12)6-7-11(15)17-4/h14H,5H2,1-4H3. The van der Waals surface area contributed by atoms with Crippen LogP contribution >= 0.6 is 0 Å². The van der Waals surface area contributed by atoms with E-state index in [0.717, 1.165) is 0 Å². The van der Waals surface area contributed by atoms with Gasteiger partial charge in [0.25, 0.3) is 0 Å². The van der Waals surface area contributed by atoms with Crippen LogP contribution in [0.1, 0.15) is 34.2 Å². The number of H-pyrrole nitrogens is 1. The Morgan fingerprint density at radius 1 is 1.33 bits per heavy atom. The van der Waals surface area contributed by atoms with Crippen molar-refractivity contribution in [3.05, 3.63) is 22.5 Å². The molecule has 0 aliphatic carbocycles. The van der Waals surface area contributed by atoms with Gasteiger partial charge >= 0.3 is 11.9 Å². The summed E-state index contributed by atoms with van der Waals surface area (Å²) >= 11 is 0. The van der Waals surface area contributed by atoms with Gasteiger partial charge in [-0.15, -0.1) is 0 Å². The summed E-state index contributed by atoms with van der Waals surface area (Å²) in [5.41, 5.74) is 2.36. The lowest BCUT2D eigenvalue weighted by molar-refractivity contribution is -0.133. The van der Waals surface area contributed by atoms with Crippen molar-refractivity contribution in [2.75, 3.05) is 13.7 Å². The number of ether oxygens (including phenoxy) is 2. The summed E-state index contributed by atoms with van der Waals surface area (Å²) in [4.78, 5) is 25.5. The highest BCUT2D eigenvalue weighted by molar-refractivity contribution is 5.92. The van der Waals surface area contributed by atoms with Crippen molar-refractivity contribution in [2.45, 2.75) is 20.8 Å². The summed E-state index contributed by atoms with van der Waals surface area (Å²) in [5, 5.41) is 0. The number of carbonyl (C=O) groups is 2. The van der Waals surface area contributed by atoms with Crippen LogP contribution < -0.4 is 0 Å². The average molecular weight is 249 g/mol. The SMILES string of the molecule is CCOC(=O)c1[nH]c(C)c(C#CC(=O)OC)c1C. The molecule has 0 fully saturated rings. The normalized spacial score (nSPS) is 9.33. The van der Waals surface area contributed by atoms with Gasteiger partial charge in [-0.2, -0.15) is 0 Å². The number of carbonyl (C=O) groups excluding carboxylic acids is 2. The topological polar surface area (TPSA) is 68.4 Å². The van der Waals surface area contributed by atoms with E-state index in [1.807, 2.05) is 0 Å². The Morgan fingerprint density at radius 3 is 2.56 bits per heavy atom. The first kappa shape index (κ1) is 13.8. The van der Waals surface area contributed by atoms with Crippen molar-refractivity contribution in [3.8, 4) is 11.8 Å². The van der Waals surface area contributed by atoms with Gasteiger partial charge in [0.1, 0.15) is 5.69 Å². The highest BCUT2D eigenvalue weighted by atomic mass is 16.5. The van der Waals surface area contributed by atoms with Crippen LogP contribution in [0.25, 0.3) is 0 Å². The zero-order valence-electron chi connectivity index (χ0n) is 10.8. The Morgan fingerprint density at radius 2 is 2.00 bits per heavy atom. The maximum atomic E-state index is 11.6. The molecule has 0 saturated heterocycles. The predicted octanol–water partition coefficient (Wildman–Crippen LogP) is 1.33. The molecule has 5 nitrogen and oxygen atoms in total. The zero-order valence-corrected chi connectivity index (χ0v) is 10.8. The molecule has 1 aromatic rings. The van der Waals surface area contributed by atoms with Crippen LogP contribution in [0, 0.1) is 25.7 Å². The first-order valence-electron chi connectivity index (χ1n) is 5.47. The largest absolute Gasteiger partial charge is 0.461 e. The number of aromatic amines is 1. The molecule has 0 bridgehead atoms. The lowest BCUT2D eigenvalue weighted by Crippen LogP contribution is -2.06. The number of esters is 2. The lowest BCUT2D eigenvalue weighted by Gasteiger charge is -1.99. The van der Waals surface area contributed by atoms with Gasteiger partial charge in [-0.3, -0.25) is 0 Å². The molecule has 0 aliphatic rings. The Labute approximate surface area is 105 Å². The number of hydrogen-bond acceptors (Lipinski definition) is 4. The quantitative estimate of drug-likeness (QED) is 0.634. The summed E-state index contributed by atoms with van der Waals surface area (Å²) in [6.45, 7) is 5.56. The van der Waals surface area contributed by atoms with E-state index in [0.29, 0.717) is 29.1 Å². The molecule has 0 amide bonds. The van der Waals surface area contributed by atoms with E-state index in [9.17, 15) is 9.59 Å². The Kier molecular flexibility index (Phi) is 4.55. The van der Waals surface area contributed by atoms with E-state index in [1.165, 1.54) is 7.11 Å². The maximum Gasteiger partial charge on any atom is 0.384 e. The highest BCUT2D eigenvalue weighted by Crippen LogP contribution is 2.17. The Bertz CT molecular complexity index is 531. The lowest BCUT2D eigenvalue weighted by atomic mass is 10.1. The summed E-state index contributed by atoms with van der Waals surface area (Å²) in [5.74, 6) is 3.97. The maximum absolute atomic E-state index is 11.6. The molecule has 1 N–H and O–H groups in total. The number of hydrogen-bond donors (Lipinski definition) is 1. The molecular weight excluding hydrogens is 234 g/mol. The van der Waals surface area contributed by atoms with Crippen molar-refractivity contribution in [3.63, 3.8) is 0 Å². The molecule has 0 saturated carbocycles. The van der Waals surface area contributed by atoms with E-state index in [2.05, 4.69) is 21.6 Å². The number of aryl methyl sites for hydroxylation is 1. The molecule has 1 heterocycles. The van der Waals surface area contributed by atoms with Gasteiger partial charge < -0.3 is 14.5 Å². The fraction of sp³-hybridized carbons (Fsp3) is 0.385. The van der Waals surface area contributed by atoms with E-state index < -0.39 is 11.9 Å². The van der Waals surface area contributed by atoms with Gasteiger partial charge in [-0.05, 0) is 26.3 Å². The molecule has 1 rings (SSSR count). The summed E-state index contributed by atoms with van der Waals surface area (Å²) < 4.78 is 9.34. The van der Waals surface area contributed by atoms with Crippen LogP contribution in [0.5, 0.6) is 0 Å². The Hall–Kier alpha value is -2.22. The zero-order chi connectivity index (χ0) is 13.7. The van der Waals surface area contributed by atoms with Gasteiger partial charge in [0.15, 0.2) is 0 Å². The number of nitrogens with one attached hydrogen (secondary N) is 1. The van der Waals surface area contributed by atoms with E-state index in [1.54, 1.807) is 20.8 Å². The van der Waals surface area contributed by atoms with Crippen molar-refractivity contribution in [2.24, 2.45) is 0 Å². The van der Waals surface area contributed by atoms with Crippen molar-refractivity contribution in [1.82, 2.24) is 4.98 Å². The molecule has 18 heavy (non-hydrogen) atoms. The van der Waals surface area contributed by atoms with Crippen LogP contribution in [0.2, 0.25) is 0 Å². The molecule has 0 atom stereocenters. The Balaban J connectivity index is 3.11. The van der Waals surface area contributed by atoms with Gasteiger partial charge in [-0.25, -0.2) is 9.59 Å². The summed E-state index contributed by atoms with van der Waals surface area (Å²) in [6.07, 6.45) is 0. The summed E-state index contributed by atoms with van der Waals surface area (Å²) in [7, 11) is 1.26. The molecular formula is C13H15NO4. The van der Waals surface area contributed by atoms with E-state index in [4.69, 9.17) is 4.74 Å². The molecule has 0 unspecified atom stereocenters. The average Bonchev–Trinajstić information content (AvgIpc) is 2.62. The fourth-order valence-corrected chi connectivity index (χ4v) is 1.51. The first-order chi connectivity index (χ1) is 8.51. The molecule has 0 spiro atoms. The number of aromatic nitrogens is 1. The first-order valence-corrected chi connectivity index (χ1v) is 5.47. The van der Waals surface area contributed by atoms with Crippen molar-refractivity contribution >= 4 is 11.9 Å². The van der Waals surface area contributed by atoms with Gasteiger partial charge in [0, 0.05) is 17.2 Å². The molecule has 0 radical (unpaired) electrons. The minimum atomic E-state index is -0.618. The molecule has 0 aromatic carbocycles. The third-order valence-electron chi connectivity index (χ3n) is 2.39. The minimum Gasteiger partial charge on any atom is -0.461 e. The smallest absolute Gasteiger partial charge is 0.384 e. The molecule has 0 aliphatic heterocycles. The van der Waals surface area contributed by atoms with Crippen LogP contribution in [-0.2, 0) is 14.3 Å². The second-order valence-corrected chi connectivity index (χ2v) is 3.59. The third kappa shape index (κ3) is 2.92. The number of methoxy groups -OCH3 is 1. The van der Waals surface area contributed by atoms with Crippen molar-refractivity contribution in [1.29, 1.82) is 0 Å². The van der Waals surface area contributed by atoms with E-state index >= 15 is 0 Å². The van der Waals surface area contributed by atoms with Crippen LogP contribution in [0.3, 0.4) is 0 Å².